The van der Waals surface area contributed by atoms with Crippen molar-refractivity contribution in [3.05, 3.63) is 24.3 Å². The molecular formula is C21H35N4O3+. The highest BCUT2D eigenvalue weighted by Gasteiger charge is 2.31. The van der Waals surface area contributed by atoms with Gasteiger partial charge in [0.15, 0.2) is 0 Å². The van der Waals surface area contributed by atoms with Crippen LogP contribution in [0.25, 0.3) is 0 Å². The molecule has 3 amide bonds. The number of nitrogens with zero attached hydrogens (tertiary/aromatic N) is 1. The minimum Gasteiger partial charge on any atom is -0.497 e. The lowest BCUT2D eigenvalue weighted by atomic mass is 10.2. The molecule has 7 heteroatoms. The first-order chi connectivity index (χ1) is 13.5. The first-order valence-corrected chi connectivity index (χ1v) is 10.3. The van der Waals surface area contributed by atoms with Crippen molar-refractivity contribution in [2.45, 2.75) is 52.1 Å². The molecule has 1 aromatic carbocycles. The fourth-order valence-corrected chi connectivity index (χ4v) is 3.62. The number of hydrogen-bond donors (Lipinski definition) is 3. The number of rotatable bonds is 10. The maximum absolute atomic E-state index is 12.4. The third kappa shape index (κ3) is 6.41. The van der Waals surface area contributed by atoms with Gasteiger partial charge in [-0.1, -0.05) is 6.07 Å². The van der Waals surface area contributed by atoms with Gasteiger partial charge >= 0.3 is 6.03 Å². The Kier molecular flexibility index (Phi) is 8.57. The standard InChI is InChI=1S/C21H34N4O3/c1-5-24(6-2)12-8-9-16(3)22-21(27)23-17-13-20(26)25(15-17)18-10-7-11-19(14-18)28-4/h7,10-11,14,16-17H,5-6,8-9,12-13,15H2,1-4H3,(H2,22,23,27)/p+1/t16-,17+/m1/s1. The van der Waals surface area contributed by atoms with Crippen molar-refractivity contribution >= 4 is 17.6 Å². The van der Waals surface area contributed by atoms with Gasteiger partial charge in [-0.25, -0.2) is 4.79 Å². The third-order valence-electron chi connectivity index (χ3n) is 5.37. The molecule has 1 aliphatic rings. The van der Waals surface area contributed by atoms with Crippen molar-refractivity contribution < 1.29 is 19.2 Å². The van der Waals surface area contributed by atoms with E-state index in [-0.39, 0.29) is 24.0 Å². The first kappa shape index (κ1) is 22.0. The Bertz CT molecular complexity index is 648. The highest BCUT2D eigenvalue weighted by molar-refractivity contribution is 5.97. The lowest BCUT2D eigenvalue weighted by molar-refractivity contribution is -0.896. The molecule has 7 nitrogen and oxygen atoms in total. The minimum atomic E-state index is -0.201. The van der Waals surface area contributed by atoms with Gasteiger partial charge in [0, 0.05) is 30.8 Å². The van der Waals surface area contributed by atoms with Crippen LogP contribution in [0.1, 0.15) is 40.0 Å². The molecule has 1 heterocycles. The molecular weight excluding hydrogens is 356 g/mol. The van der Waals surface area contributed by atoms with E-state index in [4.69, 9.17) is 4.74 Å². The molecule has 0 radical (unpaired) electrons. The second-order valence-corrected chi connectivity index (χ2v) is 7.48. The molecule has 1 aromatic rings. The summed E-state index contributed by atoms with van der Waals surface area (Å²) in [5, 5.41) is 5.94. The topological polar surface area (TPSA) is 75.1 Å². The van der Waals surface area contributed by atoms with Crippen LogP contribution in [0, 0.1) is 0 Å². The van der Waals surface area contributed by atoms with E-state index in [1.807, 2.05) is 31.2 Å². The van der Waals surface area contributed by atoms with E-state index in [0.29, 0.717) is 18.7 Å². The summed E-state index contributed by atoms with van der Waals surface area (Å²) in [6.45, 7) is 10.3. The fourth-order valence-electron chi connectivity index (χ4n) is 3.62. The highest BCUT2D eigenvalue weighted by Crippen LogP contribution is 2.25. The number of amides is 3. The van der Waals surface area contributed by atoms with Crippen molar-refractivity contribution in [3.8, 4) is 5.75 Å². The van der Waals surface area contributed by atoms with Gasteiger partial charge in [-0.3, -0.25) is 4.79 Å². The van der Waals surface area contributed by atoms with Gasteiger partial charge in [-0.05, 0) is 45.7 Å². The van der Waals surface area contributed by atoms with E-state index in [0.717, 1.165) is 38.2 Å². The number of quaternary nitrogens is 1. The Morgan fingerprint density at radius 2 is 2.11 bits per heavy atom. The van der Waals surface area contributed by atoms with Crippen molar-refractivity contribution in [2.24, 2.45) is 0 Å². The van der Waals surface area contributed by atoms with Crippen LogP contribution in [0.2, 0.25) is 0 Å². The van der Waals surface area contributed by atoms with Crippen LogP contribution in [0.15, 0.2) is 24.3 Å². The minimum absolute atomic E-state index is 0.00815. The van der Waals surface area contributed by atoms with Gasteiger partial charge in [-0.2, -0.15) is 0 Å². The van der Waals surface area contributed by atoms with E-state index < -0.39 is 0 Å². The molecule has 2 rings (SSSR count). The zero-order valence-electron chi connectivity index (χ0n) is 17.6. The van der Waals surface area contributed by atoms with Crippen molar-refractivity contribution in [1.29, 1.82) is 0 Å². The summed E-state index contributed by atoms with van der Waals surface area (Å²) in [5.41, 5.74) is 0.793. The van der Waals surface area contributed by atoms with Crippen LogP contribution >= 0.6 is 0 Å². The molecule has 3 N–H and O–H groups in total. The number of carbonyl (C=O) groups is 2. The normalized spacial score (nSPS) is 17.7. The second kappa shape index (κ2) is 10.9. The zero-order chi connectivity index (χ0) is 20.5. The zero-order valence-corrected chi connectivity index (χ0v) is 17.6. The predicted octanol–water partition coefficient (Wildman–Crippen LogP) is 1.19. The Morgan fingerprint density at radius 3 is 2.79 bits per heavy atom. The number of carbonyl (C=O) groups excluding carboxylic acids is 2. The maximum atomic E-state index is 12.4. The molecule has 0 spiro atoms. The van der Waals surface area contributed by atoms with E-state index in [2.05, 4.69) is 24.5 Å². The molecule has 2 atom stereocenters. The van der Waals surface area contributed by atoms with Crippen LogP contribution in [0.4, 0.5) is 10.5 Å². The summed E-state index contributed by atoms with van der Waals surface area (Å²) >= 11 is 0. The Morgan fingerprint density at radius 1 is 1.36 bits per heavy atom. The third-order valence-corrected chi connectivity index (χ3v) is 5.37. The number of hydrogen-bond acceptors (Lipinski definition) is 3. The lowest BCUT2D eigenvalue weighted by Gasteiger charge is -2.20. The van der Waals surface area contributed by atoms with Crippen LogP contribution in [-0.4, -0.2) is 57.3 Å². The summed E-state index contributed by atoms with van der Waals surface area (Å²) in [7, 11) is 1.60. The molecule has 0 saturated carbocycles. The van der Waals surface area contributed by atoms with Crippen molar-refractivity contribution in [1.82, 2.24) is 10.6 Å². The second-order valence-electron chi connectivity index (χ2n) is 7.48. The number of urea groups is 1. The van der Waals surface area contributed by atoms with Gasteiger partial charge < -0.3 is 25.2 Å². The van der Waals surface area contributed by atoms with E-state index in [1.165, 1.54) is 0 Å². The molecule has 0 aliphatic carbocycles. The SMILES string of the molecule is CC[NH+](CC)CCC[C@@H](C)NC(=O)N[C@H]1CC(=O)N(c2cccc(OC)c2)C1. The first-order valence-electron chi connectivity index (χ1n) is 10.3. The van der Waals surface area contributed by atoms with Gasteiger partial charge in [0.25, 0.3) is 0 Å². The number of anilines is 1. The number of benzene rings is 1. The Hall–Kier alpha value is -2.28. The van der Waals surface area contributed by atoms with Gasteiger partial charge in [-0.15, -0.1) is 0 Å². The van der Waals surface area contributed by atoms with Crippen LogP contribution < -0.4 is 25.2 Å². The van der Waals surface area contributed by atoms with E-state index >= 15 is 0 Å². The lowest BCUT2D eigenvalue weighted by Crippen LogP contribution is -3.11. The quantitative estimate of drug-likeness (QED) is 0.561. The van der Waals surface area contributed by atoms with Gasteiger partial charge in [0.05, 0.1) is 32.8 Å². The summed E-state index contributed by atoms with van der Waals surface area (Å²) in [4.78, 5) is 27.9. The summed E-state index contributed by atoms with van der Waals surface area (Å²) in [5.74, 6) is 0.716. The van der Waals surface area contributed by atoms with Gasteiger partial charge in [0.2, 0.25) is 5.91 Å². The average Bonchev–Trinajstić information content (AvgIpc) is 3.05. The molecule has 0 aromatic heterocycles. The molecule has 1 saturated heterocycles. The maximum Gasteiger partial charge on any atom is 0.315 e. The Labute approximate surface area is 168 Å². The van der Waals surface area contributed by atoms with E-state index in [1.54, 1.807) is 16.9 Å². The highest BCUT2D eigenvalue weighted by atomic mass is 16.5. The monoisotopic (exact) mass is 391 g/mol. The molecule has 0 unspecified atom stereocenters. The molecule has 0 bridgehead atoms. The molecule has 156 valence electrons. The largest absolute Gasteiger partial charge is 0.497 e. The molecule has 1 aliphatic heterocycles. The number of methoxy groups -OCH3 is 1. The summed E-state index contributed by atoms with van der Waals surface area (Å²) in [6.07, 6.45) is 2.35. The van der Waals surface area contributed by atoms with Crippen molar-refractivity contribution in [3.63, 3.8) is 0 Å². The average molecular weight is 392 g/mol. The van der Waals surface area contributed by atoms with Crippen LogP contribution in [0.3, 0.4) is 0 Å². The summed E-state index contributed by atoms with van der Waals surface area (Å²) < 4.78 is 5.23. The number of ether oxygens (including phenoxy) is 1. The molecule has 1 fully saturated rings. The van der Waals surface area contributed by atoms with E-state index in [9.17, 15) is 9.59 Å². The van der Waals surface area contributed by atoms with Crippen molar-refractivity contribution in [2.75, 3.05) is 38.2 Å². The number of nitrogens with one attached hydrogen (secondary N) is 3. The molecule has 28 heavy (non-hydrogen) atoms. The smallest absolute Gasteiger partial charge is 0.315 e. The Balaban J connectivity index is 1.77. The van der Waals surface area contributed by atoms with Crippen LogP contribution in [-0.2, 0) is 4.79 Å². The van der Waals surface area contributed by atoms with Gasteiger partial charge in [0.1, 0.15) is 5.75 Å². The summed E-state index contributed by atoms with van der Waals surface area (Å²) in [6, 6.07) is 7.14. The fraction of sp³-hybridized carbons (Fsp3) is 0.619. The predicted molar refractivity (Wildman–Crippen MR) is 111 cm³/mol. The van der Waals surface area contributed by atoms with Crippen LogP contribution in [0.5, 0.6) is 5.75 Å².